The molecule has 6 aromatic rings. The summed E-state index contributed by atoms with van der Waals surface area (Å²) < 4.78 is 26.6. The lowest BCUT2D eigenvalue weighted by Gasteiger charge is -2.48. The summed E-state index contributed by atoms with van der Waals surface area (Å²) in [5.41, 5.74) is 4.84. The van der Waals surface area contributed by atoms with Crippen molar-refractivity contribution in [1.29, 1.82) is 0 Å². The molecule has 3 N–H and O–H groups in total. The Hall–Kier alpha value is -5.06. The summed E-state index contributed by atoms with van der Waals surface area (Å²) >= 11 is 0. The van der Waals surface area contributed by atoms with Crippen molar-refractivity contribution < 1.29 is 34.3 Å². The van der Waals surface area contributed by atoms with Crippen LogP contribution in [0.25, 0.3) is 22.3 Å². The van der Waals surface area contributed by atoms with Crippen LogP contribution in [0.1, 0.15) is 22.3 Å². The maximum Gasteiger partial charge on any atom is 0.269 e. The lowest BCUT2D eigenvalue weighted by molar-refractivity contribution is -0.420. The van der Waals surface area contributed by atoms with Crippen LogP contribution in [0.4, 0.5) is 0 Å². The van der Waals surface area contributed by atoms with E-state index >= 15 is 0 Å². The summed E-state index contributed by atoms with van der Waals surface area (Å²) in [5.74, 6) is -4.96. The normalized spacial score (nSPS) is 21.2. The van der Waals surface area contributed by atoms with Crippen LogP contribution in [0, 0.1) is 0 Å². The number of aromatic nitrogens is 1. The van der Waals surface area contributed by atoms with E-state index in [9.17, 15) is 15.3 Å². The zero-order valence-electron chi connectivity index (χ0n) is 26.7. The molecule has 0 saturated heterocycles. The number of aliphatic hydroxyl groups is 3. The minimum atomic E-state index is -2.63. The fraction of sp³-hybridized carbons (Fsp3) is 0.171. The van der Waals surface area contributed by atoms with Crippen molar-refractivity contribution in [2.24, 2.45) is 0 Å². The lowest BCUT2D eigenvalue weighted by atomic mass is 9.92. The molecule has 4 atom stereocenters. The van der Waals surface area contributed by atoms with Crippen molar-refractivity contribution >= 4 is 16.7 Å². The lowest BCUT2D eigenvalue weighted by Crippen LogP contribution is -2.68. The Balaban J connectivity index is 1.28. The first-order valence-corrected chi connectivity index (χ1v) is 16.1. The van der Waals surface area contributed by atoms with E-state index in [2.05, 4.69) is 4.57 Å². The van der Waals surface area contributed by atoms with Crippen LogP contribution in [0.15, 0.2) is 158 Å². The van der Waals surface area contributed by atoms with E-state index in [1.807, 2.05) is 152 Å². The highest BCUT2D eigenvalue weighted by Crippen LogP contribution is 2.43. The van der Waals surface area contributed by atoms with Crippen molar-refractivity contribution in [3.05, 3.63) is 180 Å². The second kappa shape index (κ2) is 14.2. The summed E-state index contributed by atoms with van der Waals surface area (Å²) in [6.45, 7) is -0.190. The molecular formula is C41H37NO7. The van der Waals surface area contributed by atoms with Gasteiger partial charge >= 0.3 is 0 Å². The molecule has 1 aliphatic heterocycles. The van der Waals surface area contributed by atoms with Crippen LogP contribution in [0.3, 0.4) is 0 Å². The molecule has 5 aromatic carbocycles. The Morgan fingerprint density at radius 3 is 1.82 bits per heavy atom. The van der Waals surface area contributed by atoms with E-state index in [0.29, 0.717) is 5.56 Å². The molecule has 0 bridgehead atoms. The highest BCUT2D eigenvalue weighted by molar-refractivity contribution is 5.85. The van der Waals surface area contributed by atoms with Crippen molar-refractivity contribution in [2.45, 2.75) is 43.8 Å². The van der Waals surface area contributed by atoms with E-state index in [1.165, 1.54) is 6.08 Å². The topological polar surface area (TPSA) is 103 Å². The molecule has 248 valence electrons. The van der Waals surface area contributed by atoms with Crippen LogP contribution in [0.2, 0.25) is 0 Å². The Morgan fingerprint density at radius 2 is 1.20 bits per heavy atom. The van der Waals surface area contributed by atoms with E-state index in [0.717, 1.165) is 33.3 Å². The Morgan fingerprint density at radius 1 is 0.653 bits per heavy atom. The molecule has 8 nitrogen and oxygen atoms in total. The standard InChI is InChI=1S/C41H37NO7/c43-39(46-27-30-13-5-1-6-14-30)38-41(45,48-29-32-17-9-3-10-18-32)40(44,47-28-31-15-7-2-8-16-31)26-37(49-38)34-21-22-36-33(25-34)23-24-42(36)35-19-11-4-12-20-35/h1-26,38-39,43-45H,27-29H2/t38-,39?,40+,41+/m1/s1. The van der Waals surface area contributed by atoms with Crippen LogP contribution < -0.4 is 0 Å². The van der Waals surface area contributed by atoms with Crippen LogP contribution in [-0.2, 0) is 38.8 Å². The van der Waals surface area contributed by atoms with Crippen molar-refractivity contribution in [2.75, 3.05) is 0 Å². The molecule has 8 heteroatoms. The van der Waals surface area contributed by atoms with Gasteiger partial charge < -0.3 is 38.8 Å². The summed E-state index contributed by atoms with van der Waals surface area (Å²) in [7, 11) is 0. The highest BCUT2D eigenvalue weighted by atomic mass is 16.7. The number of ether oxygens (including phenoxy) is 4. The second-order valence-corrected chi connectivity index (χ2v) is 12.0. The Kier molecular flexibility index (Phi) is 9.41. The third kappa shape index (κ3) is 6.93. The molecule has 0 amide bonds. The largest absolute Gasteiger partial charge is 0.479 e. The minimum Gasteiger partial charge on any atom is -0.479 e. The summed E-state index contributed by atoms with van der Waals surface area (Å²) in [6, 6.07) is 45.5. The molecule has 0 fully saturated rings. The summed E-state index contributed by atoms with van der Waals surface area (Å²) in [5, 5.41) is 37.3. The maximum atomic E-state index is 12.4. The average molecular weight is 656 g/mol. The summed E-state index contributed by atoms with van der Waals surface area (Å²) in [4.78, 5) is 0. The zero-order chi connectivity index (χ0) is 33.7. The van der Waals surface area contributed by atoms with Gasteiger partial charge in [-0.25, -0.2) is 0 Å². The monoisotopic (exact) mass is 655 g/mol. The number of hydrogen-bond donors (Lipinski definition) is 3. The predicted molar refractivity (Wildman–Crippen MR) is 186 cm³/mol. The molecule has 1 aliphatic rings. The molecule has 49 heavy (non-hydrogen) atoms. The number of nitrogens with zero attached hydrogens (tertiary/aromatic N) is 1. The van der Waals surface area contributed by atoms with Crippen LogP contribution >= 0.6 is 0 Å². The molecule has 0 radical (unpaired) electrons. The highest BCUT2D eigenvalue weighted by Gasteiger charge is 2.63. The number of hydrogen-bond acceptors (Lipinski definition) is 7. The number of fused-ring (bicyclic) bond motifs is 1. The third-order valence-corrected chi connectivity index (χ3v) is 8.61. The number of aliphatic hydroxyl groups excluding tert-OH is 1. The molecule has 1 aromatic heterocycles. The number of benzene rings is 5. The smallest absolute Gasteiger partial charge is 0.269 e. The minimum absolute atomic E-state index is 0.0118. The number of rotatable bonds is 12. The Labute approximate surface area is 284 Å². The number of para-hydroxylation sites is 1. The molecule has 0 aliphatic carbocycles. The second-order valence-electron chi connectivity index (χ2n) is 12.0. The van der Waals surface area contributed by atoms with Gasteiger partial charge in [0.05, 0.1) is 25.3 Å². The average Bonchev–Trinajstić information content (AvgIpc) is 3.58. The van der Waals surface area contributed by atoms with Gasteiger partial charge in [0.1, 0.15) is 5.76 Å². The van der Waals surface area contributed by atoms with E-state index in [1.54, 1.807) is 0 Å². The molecule has 0 saturated carbocycles. The van der Waals surface area contributed by atoms with Crippen molar-refractivity contribution in [3.8, 4) is 5.69 Å². The van der Waals surface area contributed by atoms with Gasteiger partial charge in [-0.3, -0.25) is 0 Å². The third-order valence-electron chi connectivity index (χ3n) is 8.61. The van der Waals surface area contributed by atoms with Gasteiger partial charge in [0.25, 0.3) is 5.79 Å². The molecule has 0 spiro atoms. The van der Waals surface area contributed by atoms with Gasteiger partial charge in [0, 0.05) is 28.9 Å². The zero-order valence-corrected chi connectivity index (χ0v) is 26.7. The van der Waals surface area contributed by atoms with Gasteiger partial charge in [-0.15, -0.1) is 0 Å². The van der Waals surface area contributed by atoms with Gasteiger partial charge in [-0.05, 0) is 53.1 Å². The molecular weight excluding hydrogens is 618 g/mol. The first-order valence-electron chi connectivity index (χ1n) is 16.1. The fourth-order valence-corrected chi connectivity index (χ4v) is 5.96. The van der Waals surface area contributed by atoms with Gasteiger partial charge in [0.2, 0.25) is 11.9 Å². The van der Waals surface area contributed by atoms with E-state index in [-0.39, 0.29) is 25.6 Å². The van der Waals surface area contributed by atoms with E-state index < -0.39 is 24.0 Å². The SMILES string of the molecule is OC(OCc1ccccc1)[C@H]1OC(c2ccc3c(ccn3-c3ccccc3)c2)=C[C@](O)(OCc2ccccc2)[C@@]1(O)OCc1ccccc1. The van der Waals surface area contributed by atoms with Crippen molar-refractivity contribution in [1.82, 2.24) is 4.57 Å². The first-order chi connectivity index (χ1) is 23.9. The van der Waals surface area contributed by atoms with Gasteiger partial charge in [0.15, 0.2) is 6.29 Å². The van der Waals surface area contributed by atoms with Crippen LogP contribution in [-0.4, -0.2) is 43.9 Å². The fourth-order valence-electron chi connectivity index (χ4n) is 5.96. The van der Waals surface area contributed by atoms with Crippen LogP contribution in [0.5, 0.6) is 0 Å². The summed E-state index contributed by atoms with van der Waals surface area (Å²) in [6.07, 6.45) is -0.111. The molecule has 2 heterocycles. The first kappa shape index (κ1) is 32.5. The van der Waals surface area contributed by atoms with E-state index in [4.69, 9.17) is 18.9 Å². The predicted octanol–water partition coefficient (Wildman–Crippen LogP) is 6.72. The molecule has 1 unspecified atom stereocenters. The molecule has 7 rings (SSSR count). The quantitative estimate of drug-likeness (QED) is 0.126. The Bertz CT molecular complexity index is 2000. The maximum absolute atomic E-state index is 12.4. The van der Waals surface area contributed by atoms with Crippen molar-refractivity contribution in [3.63, 3.8) is 0 Å². The van der Waals surface area contributed by atoms with Gasteiger partial charge in [-0.1, -0.05) is 109 Å². The van der Waals surface area contributed by atoms with Gasteiger partial charge in [-0.2, -0.15) is 0 Å².